The number of urea groups is 2. The van der Waals surface area contributed by atoms with E-state index in [1.807, 2.05) is 6.07 Å². The minimum absolute atomic E-state index is 0.0973. The number of amides is 5. The van der Waals surface area contributed by atoms with Crippen molar-refractivity contribution >= 4 is 50.9 Å². The summed E-state index contributed by atoms with van der Waals surface area (Å²) in [6.45, 7) is 1.88. The van der Waals surface area contributed by atoms with Crippen LogP contribution in [0.25, 0.3) is 0 Å². The second-order valence-corrected chi connectivity index (χ2v) is 9.28. The largest absolute Gasteiger partial charge is 0.332 e. The molecule has 0 bridgehead atoms. The van der Waals surface area contributed by atoms with E-state index < -0.39 is 22.1 Å². The lowest BCUT2D eigenvalue weighted by Gasteiger charge is -2.18. The van der Waals surface area contributed by atoms with Gasteiger partial charge >= 0.3 is 12.1 Å². The first-order chi connectivity index (χ1) is 16.7. The van der Waals surface area contributed by atoms with Crippen LogP contribution in [0, 0.1) is 0 Å². The summed E-state index contributed by atoms with van der Waals surface area (Å²) >= 11 is 0. The van der Waals surface area contributed by atoms with E-state index in [4.69, 9.17) is 0 Å². The SMILES string of the molecule is CC(=O)Nc1ccc(NS(=O)(=O)c2cccc(NC(=O)N3CCN(c4ccccc4)C3=O)c2)cn1. The van der Waals surface area contributed by atoms with E-state index in [1.54, 1.807) is 24.3 Å². The molecule has 12 heteroatoms. The topological polar surface area (TPSA) is 141 Å². The summed E-state index contributed by atoms with van der Waals surface area (Å²) in [4.78, 5) is 43.0. The molecule has 2 heterocycles. The van der Waals surface area contributed by atoms with Gasteiger partial charge in [0.15, 0.2) is 0 Å². The molecule has 1 fully saturated rings. The van der Waals surface area contributed by atoms with Gasteiger partial charge in [-0.1, -0.05) is 24.3 Å². The highest BCUT2D eigenvalue weighted by Crippen LogP contribution is 2.23. The highest BCUT2D eigenvalue weighted by molar-refractivity contribution is 7.92. The molecular formula is C23H22N6O5S. The number of rotatable bonds is 6. The first-order valence-corrected chi connectivity index (χ1v) is 12.0. The Bertz CT molecular complexity index is 1360. The summed E-state index contributed by atoms with van der Waals surface area (Å²) < 4.78 is 28.0. The Hall–Kier alpha value is -4.45. The number of carbonyl (C=O) groups is 3. The number of nitrogens with zero attached hydrogens (tertiary/aromatic N) is 3. The number of imide groups is 1. The molecule has 3 N–H and O–H groups in total. The van der Waals surface area contributed by atoms with Crippen LogP contribution in [0.2, 0.25) is 0 Å². The van der Waals surface area contributed by atoms with Crippen LogP contribution in [-0.4, -0.2) is 49.4 Å². The zero-order valence-electron chi connectivity index (χ0n) is 18.6. The maximum Gasteiger partial charge on any atom is 0.332 e. The molecule has 1 aliphatic heterocycles. The molecule has 1 saturated heterocycles. The number of hydrogen-bond acceptors (Lipinski definition) is 6. The Morgan fingerprint density at radius 3 is 2.37 bits per heavy atom. The first-order valence-electron chi connectivity index (χ1n) is 10.5. The zero-order chi connectivity index (χ0) is 25.0. The van der Waals surface area contributed by atoms with Crippen LogP contribution in [-0.2, 0) is 14.8 Å². The highest BCUT2D eigenvalue weighted by atomic mass is 32.2. The van der Waals surface area contributed by atoms with Crippen molar-refractivity contribution in [3.05, 3.63) is 72.9 Å². The summed E-state index contributed by atoms with van der Waals surface area (Å²) in [7, 11) is -4.00. The van der Waals surface area contributed by atoms with E-state index in [0.29, 0.717) is 12.2 Å². The molecule has 5 amide bonds. The Labute approximate surface area is 201 Å². The molecule has 1 aliphatic rings. The standard InChI is InChI=1S/C23H22N6O5S/c1-16(30)25-21-11-10-18(15-24-21)27-35(33,34)20-9-5-6-17(14-20)26-22(31)29-13-12-28(23(29)32)19-7-3-2-4-8-19/h2-11,14-15,27H,12-13H2,1H3,(H,26,31)(H,24,25,30). The molecule has 0 unspecified atom stereocenters. The minimum atomic E-state index is -4.00. The smallest absolute Gasteiger partial charge is 0.311 e. The molecule has 4 rings (SSSR count). The fraction of sp³-hybridized carbons (Fsp3) is 0.130. The molecule has 0 spiro atoms. The first kappa shape index (κ1) is 23.7. The van der Waals surface area contributed by atoms with Crippen LogP contribution in [0.15, 0.2) is 77.8 Å². The summed E-state index contributed by atoms with van der Waals surface area (Å²) in [5.74, 6) is -0.0134. The van der Waals surface area contributed by atoms with E-state index in [0.717, 1.165) is 4.90 Å². The molecule has 0 saturated carbocycles. The van der Waals surface area contributed by atoms with Gasteiger partial charge in [0, 0.05) is 24.8 Å². The van der Waals surface area contributed by atoms with Crippen LogP contribution in [0.3, 0.4) is 0 Å². The van der Waals surface area contributed by atoms with Gasteiger partial charge in [-0.2, -0.15) is 0 Å². The summed E-state index contributed by atoms with van der Waals surface area (Å²) in [6.07, 6.45) is 1.27. The minimum Gasteiger partial charge on any atom is -0.311 e. The van der Waals surface area contributed by atoms with Crippen LogP contribution in [0.4, 0.5) is 32.5 Å². The lowest BCUT2D eigenvalue weighted by Crippen LogP contribution is -2.39. The Kier molecular flexibility index (Phi) is 6.64. The average Bonchev–Trinajstić information content (AvgIpc) is 3.22. The van der Waals surface area contributed by atoms with Crippen molar-refractivity contribution < 1.29 is 22.8 Å². The van der Waals surface area contributed by atoms with E-state index in [9.17, 15) is 22.8 Å². The molecule has 0 aliphatic carbocycles. The van der Waals surface area contributed by atoms with Gasteiger partial charge in [0.1, 0.15) is 5.82 Å². The molecule has 2 aromatic carbocycles. The van der Waals surface area contributed by atoms with Crippen LogP contribution in [0.5, 0.6) is 0 Å². The predicted octanol–water partition coefficient (Wildman–Crippen LogP) is 3.31. The van der Waals surface area contributed by atoms with Gasteiger partial charge in [-0.25, -0.2) is 27.9 Å². The van der Waals surface area contributed by atoms with Gasteiger partial charge in [-0.05, 0) is 42.5 Å². The molecule has 11 nitrogen and oxygen atoms in total. The zero-order valence-corrected chi connectivity index (χ0v) is 19.5. The third-order valence-corrected chi connectivity index (χ3v) is 6.42. The van der Waals surface area contributed by atoms with E-state index in [1.165, 1.54) is 54.4 Å². The third-order valence-electron chi connectivity index (χ3n) is 5.04. The van der Waals surface area contributed by atoms with Crippen molar-refractivity contribution in [1.82, 2.24) is 9.88 Å². The quantitative estimate of drug-likeness (QED) is 0.480. The van der Waals surface area contributed by atoms with E-state index in [-0.39, 0.29) is 34.5 Å². The molecule has 0 atom stereocenters. The van der Waals surface area contributed by atoms with Crippen molar-refractivity contribution in [2.45, 2.75) is 11.8 Å². The van der Waals surface area contributed by atoms with Crippen molar-refractivity contribution in [1.29, 1.82) is 0 Å². The number of carbonyl (C=O) groups excluding carboxylic acids is 3. The fourth-order valence-electron chi connectivity index (χ4n) is 3.43. The van der Waals surface area contributed by atoms with Crippen molar-refractivity contribution in [2.75, 3.05) is 33.3 Å². The number of para-hydroxylation sites is 1. The second kappa shape index (κ2) is 9.81. The molecular weight excluding hydrogens is 472 g/mol. The number of nitrogens with one attached hydrogen (secondary N) is 3. The second-order valence-electron chi connectivity index (χ2n) is 7.60. The van der Waals surface area contributed by atoms with Crippen LogP contribution in [0.1, 0.15) is 6.92 Å². The van der Waals surface area contributed by atoms with Crippen LogP contribution >= 0.6 is 0 Å². The van der Waals surface area contributed by atoms with Gasteiger partial charge in [0.25, 0.3) is 10.0 Å². The Morgan fingerprint density at radius 2 is 1.69 bits per heavy atom. The molecule has 0 radical (unpaired) electrons. The number of anilines is 4. The Balaban J connectivity index is 1.43. The predicted molar refractivity (Wildman–Crippen MR) is 131 cm³/mol. The monoisotopic (exact) mass is 494 g/mol. The normalized spacial score (nSPS) is 13.5. The molecule has 180 valence electrons. The van der Waals surface area contributed by atoms with Crippen molar-refractivity contribution in [3.8, 4) is 0 Å². The maximum atomic E-state index is 12.8. The fourth-order valence-corrected chi connectivity index (χ4v) is 4.52. The van der Waals surface area contributed by atoms with Gasteiger partial charge < -0.3 is 10.6 Å². The lowest BCUT2D eigenvalue weighted by atomic mass is 10.3. The number of pyridine rings is 1. The van der Waals surface area contributed by atoms with Crippen molar-refractivity contribution in [3.63, 3.8) is 0 Å². The van der Waals surface area contributed by atoms with E-state index >= 15 is 0 Å². The summed E-state index contributed by atoms with van der Waals surface area (Å²) in [5.41, 5.74) is 1.09. The van der Waals surface area contributed by atoms with Gasteiger partial charge in [-0.15, -0.1) is 0 Å². The molecule has 35 heavy (non-hydrogen) atoms. The molecule has 3 aromatic rings. The van der Waals surface area contributed by atoms with Gasteiger partial charge in [0.2, 0.25) is 5.91 Å². The highest BCUT2D eigenvalue weighted by Gasteiger charge is 2.34. The maximum absolute atomic E-state index is 12.8. The number of sulfonamides is 1. The van der Waals surface area contributed by atoms with Gasteiger partial charge in [-0.3, -0.25) is 14.4 Å². The van der Waals surface area contributed by atoms with Gasteiger partial charge in [0.05, 0.1) is 23.3 Å². The average molecular weight is 495 g/mol. The van der Waals surface area contributed by atoms with E-state index in [2.05, 4.69) is 20.3 Å². The Morgan fingerprint density at radius 1 is 0.914 bits per heavy atom. The van der Waals surface area contributed by atoms with Crippen LogP contribution < -0.4 is 20.3 Å². The number of benzene rings is 2. The number of hydrogen-bond donors (Lipinski definition) is 3. The number of aromatic nitrogens is 1. The summed E-state index contributed by atoms with van der Waals surface area (Å²) in [5, 5.41) is 5.07. The molecule has 1 aromatic heterocycles. The van der Waals surface area contributed by atoms with Crippen molar-refractivity contribution in [2.24, 2.45) is 0 Å². The third kappa shape index (κ3) is 5.55. The lowest BCUT2D eigenvalue weighted by molar-refractivity contribution is -0.114. The summed E-state index contributed by atoms with van der Waals surface area (Å²) in [6, 6.07) is 16.5.